The zero-order valence-corrected chi connectivity index (χ0v) is 9.23. The van der Waals surface area contributed by atoms with Gasteiger partial charge in [0.15, 0.2) is 0 Å². The molecule has 16 heavy (non-hydrogen) atoms. The Morgan fingerprint density at radius 1 is 1.25 bits per heavy atom. The van der Waals surface area contributed by atoms with Gasteiger partial charge >= 0.3 is 0 Å². The van der Waals surface area contributed by atoms with Gasteiger partial charge in [-0.3, -0.25) is 4.79 Å². The van der Waals surface area contributed by atoms with E-state index in [4.69, 9.17) is 5.73 Å². The fourth-order valence-electron chi connectivity index (χ4n) is 2.70. The predicted molar refractivity (Wildman–Crippen MR) is 62.9 cm³/mol. The molecule has 0 aromatic heterocycles. The first kappa shape index (κ1) is 9.85. The molecule has 2 saturated heterocycles. The topological polar surface area (TPSA) is 46.3 Å². The van der Waals surface area contributed by atoms with Crippen molar-refractivity contribution in [3.05, 3.63) is 29.8 Å². The molecule has 3 aliphatic rings. The highest BCUT2D eigenvalue weighted by Gasteiger charge is 2.43. The summed E-state index contributed by atoms with van der Waals surface area (Å²) in [4.78, 5) is 14.0. The zero-order valence-electron chi connectivity index (χ0n) is 9.23. The summed E-state index contributed by atoms with van der Waals surface area (Å²) >= 11 is 0. The third kappa shape index (κ3) is 1.43. The summed E-state index contributed by atoms with van der Waals surface area (Å²) in [5.41, 5.74) is 7.69. The number of nitrogens with zero attached hydrogens (tertiary/aromatic N) is 1. The number of carbonyl (C=O) groups excluding carboxylic acids is 1. The molecular formula is C13H16N2O. The van der Waals surface area contributed by atoms with E-state index in [2.05, 4.69) is 0 Å². The highest BCUT2D eigenvalue weighted by atomic mass is 16.2. The second-order valence-corrected chi connectivity index (χ2v) is 4.85. The van der Waals surface area contributed by atoms with Crippen LogP contribution in [-0.4, -0.2) is 12.5 Å². The van der Waals surface area contributed by atoms with Crippen LogP contribution in [0.25, 0.3) is 0 Å². The molecule has 3 nitrogen and oxygen atoms in total. The number of rotatable bonds is 2. The number of anilines is 1. The Kier molecular flexibility index (Phi) is 2.21. The Bertz CT molecular complexity index is 406. The van der Waals surface area contributed by atoms with Crippen LogP contribution in [0.4, 0.5) is 5.69 Å². The van der Waals surface area contributed by atoms with Gasteiger partial charge in [0, 0.05) is 24.7 Å². The first-order chi connectivity index (χ1) is 7.78. The van der Waals surface area contributed by atoms with Gasteiger partial charge in [0.2, 0.25) is 5.91 Å². The van der Waals surface area contributed by atoms with Gasteiger partial charge in [-0.15, -0.1) is 0 Å². The van der Waals surface area contributed by atoms with Gasteiger partial charge < -0.3 is 10.6 Å². The van der Waals surface area contributed by atoms with E-state index in [1.165, 1.54) is 0 Å². The van der Waals surface area contributed by atoms with Crippen molar-refractivity contribution in [1.29, 1.82) is 0 Å². The van der Waals surface area contributed by atoms with Crippen molar-refractivity contribution in [2.45, 2.75) is 19.4 Å². The number of fused-ring (bicyclic) bond motifs is 2. The van der Waals surface area contributed by atoms with E-state index in [0.29, 0.717) is 18.4 Å². The molecule has 1 aliphatic carbocycles. The summed E-state index contributed by atoms with van der Waals surface area (Å²) in [7, 11) is 0. The van der Waals surface area contributed by atoms with Gasteiger partial charge in [0.05, 0.1) is 0 Å². The maximum atomic E-state index is 12.0. The summed E-state index contributed by atoms with van der Waals surface area (Å²) in [6, 6.07) is 8.02. The molecule has 2 bridgehead atoms. The first-order valence-electron chi connectivity index (χ1n) is 5.88. The zero-order chi connectivity index (χ0) is 11.1. The molecule has 1 amide bonds. The lowest BCUT2D eigenvalue weighted by Crippen LogP contribution is -2.53. The summed E-state index contributed by atoms with van der Waals surface area (Å²) in [5.74, 6) is 1.34. The summed E-state index contributed by atoms with van der Waals surface area (Å²) in [6.07, 6.45) is 2.21. The summed E-state index contributed by atoms with van der Waals surface area (Å²) in [6.45, 7) is 1.46. The summed E-state index contributed by atoms with van der Waals surface area (Å²) in [5, 5.41) is 0. The molecule has 3 heteroatoms. The van der Waals surface area contributed by atoms with Crippen molar-refractivity contribution in [3.8, 4) is 0 Å². The number of carbonyl (C=O) groups is 1. The second-order valence-electron chi connectivity index (χ2n) is 4.85. The fraction of sp³-hybridized carbons (Fsp3) is 0.462. The van der Waals surface area contributed by atoms with Gasteiger partial charge in [-0.05, 0) is 36.5 Å². The van der Waals surface area contributed by atoms with Crippen LogP contribution in [0.2, 0.25) is 0 Å². The van der Waals surface area contributed by atoms with Gasteiger partial charge in [0.25, 0.3) is 0 Å². The highest BCUT2D eigenvalue weighted by Crippen LogP contribution is 2.41. The Labute approximate surface area is 95.2 Å². The fourth-order valence-corrected chi connectivity index (χ4v) is 2.70. The van der Waals surface area contributed by atoms with Gasteiger partial charge in [-0.1, -0.05) is 12.1 Å². The van der Waals surface area contributed by atoms with Crippen molar-refractivity contribution < 1.29 is 4.79 Å². The van der Waals surface area contributed by atoms with E-state index < -0.39 is 0 Å². The second kappa shape index (κ2) is 3.59. The number of amides is 1. The van der Waals surface area contributed by atoms with Gasteiger partial charge in [-0.25, -0.2) is 0 Å². The molecule has 84 valence electrons. The molecule has 3 fully saturated rings. The third-order valence-electron chi connectivity index (χ3n) is 3.78. The monoisotopic (exact) mass is 216 g/mol. The predicted octanol–water partition coefficient (Wildman–Crippen LogP) is 1.52. The molecule has 0 spiro atoms. The smallest absolute Gasteiger partial charge is 0.230 e. The third-order valence-corrected chi connectivity index (χ3v) is 3.78. The van der Waals surface area contributed by atoms with Crippen LogP contribution in [0, 0.1) is 11.8 Å². The minimum atomic E-state index is 0.299. The van der Waals surface area contributed by atoms with Crippen molar-refractivity contribution >= 4 is 11.6 Å². The van der Waals surface area contributed by atoms with E-state index in [1.807, 2.05) is 29.2 Å². The lowest BCUT2D eigenvalue weighted by molar-refractivity contribution is -0.129. The molecule has 1 aromatic rings. The van der Waals surface area contributed by atoms with Crippen LogP contribution >= 0.6 is 0 Å². The average Bonchev–Trinajstić information content (AvgIpc) is 2.28. The molecule has 2 aliphatic heterocycles. The van der Waals surface area contributed by atoms with E-state index in [1.54, 1.807) is 0 Å². The Morgan fingerprint density at radius 2 is 1.94 bits per heavy atom. The van der Waals surface area contributed by atoms with Crippen LogP contribution in [0.15, 0.2) is 24.3 Å². The molecule has 0 radical (unpaired) electrons. The molecule has 2 heterocycles. The maximum Gasteiger partial charge on any atom is 0.230 e. The van der Waals surface area contributed by atoms with Gasteiger partial charge in [-0.2, -0.15) is 0 Å². The number of nitrogens with two attached hydrogens (primary N) is 1. The van der Waals surface area contributed by atoms with Crippen LogP contribution in [0.3, 0.4) is 0 Å². The minimum absolute atomic E-state index is 0.299. The number of hydrogen-bond acceptors (Lipinski definition) is 2. The average molecular weight is 216 g/mol. The molecule has 2 N–H and O–H groups in total. The minimum Gasteiger partial charge on any atom is -0.326 e. The molecule has 1 aromatic carbocycles. The van der Waals surface area contributed by atoms with Crippen LogP contribution in [0.5, 0.6) is 0 Å². The van der Waals surface area contributed by atoms with Crippen molar-refractivity contribution in [2.75, 3.05) is 11.4 Å². The van der Waals surface area contributed by atoms with E-state index in [0.717, 1.165) is 36.6 Å². The normalized spacial score (nSPS) is 27.8. The largest absolute Gasteiger partial charge is 0.326 e. The first-order valence-corrected chi connectivity index (χ1v) is 5.88. The van der Waals surface area contributed by atoms with Crippen LogP contribution in [-0.2, 0) is 11.3 Å². The number of piperidine rings is 2. The van der Waals surface area contributed by atoms with E-state index in [9.17, 15) is 4.79 Å². The standard InChI is InChI=1S/C13H16N2O/c14-7-9-1-3-12(4-2-9)15-8-10-5-11(6-10)13(15)16/h1-4,10-11H,5-8,14H2. The molecular weight excluding hydrogens is 200 g/mol. The molecule has 4 rings (SSSR count). The van der Waals surface area contributed by atoms with E-state index >= 15 is 0 Å². The Morgan fingerprint density at radius 3 is 2.50 bits per heavy atom. The van der Waals surface area contributed by atoms with Crippen LogP contribution in [0.1, 0.15) is 18.4 Å². The van der Waals surface area contributed by atoms with Crippen molar-refractivity contribution in [2.24, 2.45) is 17.6 Å². The quantitative estimate of drug-likeness (QED) is 0.814. The number of benzene rings is 1. The van der Waals surface area contributed by atoms with Crippen molar-refractivity contribution in [3.63, 3.8) is 0 Å². The lowest BCUT2D eigenvalue weighted by atomic mass is 9.70. The molecule has 1 saturated carbocycles. The number of hydrogen-bond donors (Lipinski definition) is 1. The Balaban J connectivity index is 1.83. The lowest BCUT2D eigenvalue weighted by Gasteiger charge is -2.46. The molecule has 0 atom stereocenters. The highest BCUT2D eigenvalue weighted by molar-refractivity contribution is 5.97. The maximum absolute atomic E-state index is 12.0. The summed E-state index contributed by atoms with van der Waals surface area (Å²) < 4.78 is 0. The molecule has 0 unspecified atom stereocenters. The van der Waals surface area contributed by atoms with Crippen LogP contribution < -0.4 is 10.6 Å². The SMILES string of the molecule is NCc1ccc(N2CC3CC(C3)C2=O)cc1. The van der Waals surface area contributed by atoms with Crippen molar-refractivity contribution in [1.82, 2.24) is 0 Å². The Hall–Kier alpha value is -1.35. The van der Waals surface area contributed by atoms with E-state index in [-0.39, 0.29) is 0 Å². The van der Waals surface area contributed by atoms with Gasteiger partial charge in [0.1, 0.15) is 0 Å².